The first-order valence-corrected chi connectivity index (χ1v) is 7.13. The Bertz CT molecular complexity index is 619. The Morgan fingerprint density at radius 2 is 2.00 bits per heavy atom. The van der Waals surface area contributed by atoms with Gasteiger partial charge in [0.1, 0.15) is 0 Å². The molecule has 2 aromatic rings. The van der Waals surface area contributed by atoms with E-state index in [2.05, 4.69) is 10.4 Å². The highest BCUT2D eigenvalue weighted by molar-refractivity contribution is 5.78. The fraction of sp³-hybridized carbons (Fsp3) is 0.375. The molecule has 0 fully saturated rings. The van der Waals surface area contributed by atoms with Gasteiger partial charge in [-0.1, -0.05) is 25.1 Å². The number of aryl methyl sites for hydroxylation is 1. The van der Waals surface area contributed by atoms with Crippen LogP contribution >= 0.6 is 0 Å². The molecular weight excluding hydrogens is 264 g/mol. The van der Waals surface area contributed by atoms with Crippen LogP contribution in [0, 0.1) is 19.8 Å². The quantitative estimate of drug-likeness (QED) is 0.878. The van der Waals surface area contributed by atoms with Gasteiger partial charge < -0.3 is 11.1 Å². The predicted molar refractivity (Wildman–Crippen MR) is 83.1 cm³/mol. The van der Waals surface area contributed by atoms with Crippen molar-refractivity contribution in [2.45, 2.75) is 27.3 Å². The second kappa shape index (κ2) is 6.54. The van der Waals surface area contributed by atoms with Crippen molar-refractivity contribution in [3.05, 3.63) is 47.3 Å². The molecule has 2 rings (SSSR count). The van der Waals surface area contributed by atoms with Gasteiger partial charge in [0, 0.05) is 30.3 Å². The average molecular weight is 286 g/mol. The normalized spacial score (nSPS) is 12.2. The van der Waals surface area contributed by atoms with Crippen molar-refractivity contribution in [2.75, 3.05) is 6.54 Å². The summed E-state index contributed by atoms with van der Waals surface area (Å²) in [6.07, 6.45) is 0. The van der Waals surface area contributed by atoms with Crippen LogP contribution in [0.25, 0.3) is 5.69 Å². The van der Waals surface area contributed by atoms with E-state index in [1.807, 2.05) is 55.8 Å². The molecule has 0 saturated carbocycles. The van der Waals surface area contributed by atoms with Crippen molar-refractivity contribution >= 4 is 5.91 Å². The van der Waals surface area contributed by atoms with E-state index in [1.54, 1.807) is 0 Å². The van der Waals surface area contributed by atoms with Crippen LogP contribution in [0.4, 0.5) is 0 Å². The van der Waals surface area contributed by atoms with Crippen molar-refractivity contribution in [1.82, 2.24) is 15.1 Å². The van der Waals surface area contributed by atoms with Gasteiger partial charge in [0.15, 0.2) is 0 Å². The summed E-state index contributed by atoms with van der Waals surface area (Å²) < 4.78 is 1.91. The van der Waals surface area contributed by atoms with Gasteiger partial charge in [0.05, 0.1) is 11.4 Å². The number of amides is 1. The number of carbonyl (C=O) groups is 1. The summed E-state index contributed by atoms with van der Waals surface area (Å²) in [6.45, 7) is 6.63. The van der Waals surface area contributed by atoms with Gasteiger partial charge in [-0.15, -0.1) is 0 Å². The molecule has 1 heterocycles. The summed E-state index contributed by atoms with van der Waals surface area (Å²) in [4.78, 5) is 11.8. The number of hydrogen-bond donors (Lipinski definition) is 2. The van der Waals surface area contributed by atoms with Crippen LogP contribution in [0.15, 0.2) is 30.3 Å². The minimum Gasteiger partial charge on any atom is -0.352 e. The lowest BCUT2D eigenvalue weighted by atomic mass is 10.1. The zero-order chi connectivity index (χ0) is 15.4. The number of hydrogen-bond acceptors (Lipinski definition) is 3. The number of benzene rings is 1. The highest BCUT2D eigenvalue weighted by atomic mass is 16.1. The number of carbonyl (C=O) groups excluding carboxylic acids is 1. The first kappa shape index (κ1) is 15.3. The molecule has 0 spiro atoms. The van der Waals surface area contributed by atoms with Crippen LogP contribution in [0.3, 0.4) is 0 Å². The van der Waals surface area contributed by atoms with Crippen molar-refractivity contribution in [3.63, 3.8) is 0 Å². The van der Waals surface area contributed by atoms with Crippen LogP contribution in [0.5, 0.6) is 0 Å². The van der Waals surface area contributed by atoms with E-state index < -0.39 is 0 Å². The largest absolute Gasteiger partial charge is 0.352 e. The van der Waals surface area contributed by atoms with Gasteiger partial charge in [-0.25, -0.2) is 4.68 Å². The number of aromatic nitrogens is 2. The van der Waals surface area contributed by atoms with E-state index >= 15 is 0 Å². The van der Waals surface area contributed by atoms with Crippen molar-refractivity contribution in [3.8, 4) is 5.69 Å². The highest BCUT2D eigenvalue weighted by Gasteiger charge is 2.15. The topological polar surface area (TPSA) is 72.9 Å². The fourth-order valence-electron chi connectivity index (χ4n) is 2.21. The summed E-state index contributed by atoms with van der Waals surface area (Å²) in [5, 5.41) is 7.49. The lowest BCUT2D eigenvalue weighted by molar-refractivity contribution is -0.124. The smallest absolute Gasteiger partial charge is 0.224 e. The molecule has 1 aromatic carbocycles. The van der Waals surface area contributed by atoms with E-state index in [-0.39, 0.29) is 11.8 Å². The zero-order valence-electron chi connectivity index (χ0n) is 12.8. The first-order valence-electron chi connectivity index (χ1n) is 7.13. The standard InChI is InChI=1S/C16H22N4O/c1-11(9-17)16(21)18-10-15-12(2)19-20(13(15)3)14-7-5-4-6-8-14/h4-8,11H,9-10,17H2,1-3H3,(H,18,21). The molecule has 112 valence electrons. The van der Waals surface area contributed by atoms with Gasteiger partial charge in [-0.3, -0.25) is 4.79 Å². The van der Waals surface area contributed by atoms with Gasteiger partial charge in [0.25, 0.3) is 0 Å². The molecule has 1 aromatic heterocycles. The molecule has 0 aliphatic carbocycles. The molecule has 1 unspecified atom stereocenters. The Hall–Kier alpha value is -2.14. The van der Waals surface area contributed by atoms with E-state index in [0.29, 0.717) is 13.1 Å². The van der Waals surface area contributed by atoms with E-state index in [0.717, 1.165) is 22.6 Å². The summed E-state index contributed by atoms with van der Waals surface area (Å²) in [5.74, 6) is -0.196. The Morgan fingerprint density at radius 1 is 1.33 bits per heavy atom. The van der Waals surface area contributed by atoms with Crippen LogP contribution in [0.1, 0.15) is 23.9 Å². The van der Waals surface area contributed by atoms with E-state index in [1.165, 1.54) is 0 Å². The second-order valence-corrected chi connectivity index (χ2v) is 5.25. The Kier molecular flexibility index (Phi) is 4.75. The van der Waals surface area contributed by atoms with Crippen LogP contribution in [-0.4, -0.2) is 22.2 Å². The summed E-state index contributed by atoms with van der Waals surface area (Å²) >= 11 is 0. The predicted octanol–water partition coefficient (Wildman–Crippen LogP) is 1.70. The Morgan fingerprint density at radius 3 is 2.62 bits per heavy atom. The number of rotatable bonds is 5. The van der Waals surface area contributed by atoms with Crippen molar-refractivity contribution < 1.29 is 4.79 Å². The van der Waals surface area contributed by atoms with Gasteiger partial charge >= 0.3 is 0 Å². The minimum atomic E-state index is -0.171. The molecule has 0 bridgehead atoms. The van der Waals surface area contributed by atoms with Crippen LogP contribution < -0.4 is 11.1 Å². The minimum absolute atomic E-state index is 0.0243. The maximum Gasteiger partial charge on any atom is 0.224 e. The van der Waals surface area contributed by atoms with Crippen molar-refractivity contribution in [1.29, 1.82) is 0 Å². The number of nitrogens with zero attached hydrogens (tertiary/aromatic N) is 2. The van der Waals surface area contributed by atoms with E-state index in [9.17, 15) is 4.79 Å². The third kappa shape index (κ3) is 3.31. The van der Waals surface area contributed by atoms with Crippen molar-refractivity contribution in [2.24, 2.45) is 11.7 Å². The van der Waals surface area contributed by atoms with E-state index in [4.69, 9.17) is 5.73 Å². The molecular formula is C16H22N4O. The lowest BCUT2D eigenvalue weighted by Gasteiger charge is -2.10. The molecule has 3 N–H and O–H groups in total. The maximum atomic E-state index is 11.8. The molecule has 5 heteroatoms. The molecule has 0 aliphatic heterocycles. The van der Waals surface area contributed by atoms with Gasteiger partial charge in [-0.05, 0) is 26.0 Å². The van der Waals surface area contributed by atoms with Crippen LogP contribution in [0.2, 0.25) is 0 Å². The Balaban J connectivity index is 2.19. The third-order valence-corrected chi connectivity index (χ3v) is 3.68. The molecule has 5 nitrogen and oxygen atoms in total. The first-order chi connectivity index (χ1) is 10.0. The van der Waals surface area contributed by atoms with Gasteiger partial charge in [-0.2, -0.15) is 5.10 Å². The number of nitrogens with two attached hydrogens (primary N) is 1. The fourth-order valence-corrected chi connectivity index (χ4v) is 2.21. The number of para-hydroxylation sites is 1. The molecule has 1 atom stereocenters. The monoisotopic (exact) mass is 286 g/mol. The molecule has 1 amide bonds. The number of nitrogens with one attached hydrogen (secondary N) is 1. The SMILES string of the molecule is Cc1nn(-c2ccccc2)c(C)c1CNC(=O)C(C)CN. The summed E-state index contributed by atoms with van der Waals surface area (Å²) in [5.41, 5.74) is 9.55. The Labute approximate surface area is 125 Å². The highest BCUT2D eigenvalue weighted by Crippen LogP contribution is 2.17. The van der Waals surface area contributed by atoms with Crippen LogP contribution in [-0.2, 0) is 11.3 Å². The summed E-state index contributed by atoms with van der Waals surface area (Å²) in [6, 6.07) is 9.97. The third-order valence-electron chi connectivity index (χ3n) is 3.68. The molecule has 21 heavy (non-hydrogen) atoms. The average Bonchev–Trinajstić information content (AvgIpc) is 2.79. The molecule has 0 aliphatic rings. The molecule has 0 saturated heterocycles. The zero-order valence-corrected chi connectivity index (χ0v) is 12.8. The summed E-state index contributed by atoms with van der Waals surface area (Å²) in [7, 11) is 0. The lowest BCUT2D eigenvalue weighted by Crippen LogP contribution is -2.33. The molecule has 0 radical (unpaired) electrons. The van der Waals surface area contributed by atoms with Gasteiger partial charge in [0.2, 0.25) is 5.91 Å². The maximum absolute atomic E-state index is 11.8. The second-order valence-electron chi connectivity index (χ2n) is 5.25.